The van der Waals surface area contributed by atoms with Crippen LogP contribution in [0.15, 0.2) is 0 Å². The lowest BCUT2D eigenvalue weighted by Gasteiger charge is -2.20. The Morgan fingerprint density at radius 3 is 2.15 bits per heavy atom. The molecule has 5 heteroatoms. The molecule has 1 amide bonds. The average Bonchev–Trinajstić information content (AvgIpc) is 1.81. The molecular weight excluding hydrogens is 174 g/mol. The number of amides is 1. The predicted molar refractivity (Wildman–Crippen MR) is 46.5 cm³/mol. The van der Waals surface area contributed by atoms with E-state index in [4.69, 9.17) is 9.84 Å². The van der Waals surface area contributed by atoms with Crippen LogP contribution in [0.25, 0.3) is 0 Å². The zero-order valence-corrected chi connectivity index (χ0v) is 8.25. The maximum Gasteiger partial charge on any atom is 0.408 e. The summed E-state index contributed by atoms with van der Waals surface area (Å²) in [5.74, 6) is -1.09. The third-order valence-corrected chi connectivity index (χ3v) is 1.10. The minimum Gasteiger partial charge on any atom is -0.480 e. The second-order valence-electron chi connectivity index (χ2n) is 3.71. The van der Waals surface area contributed by atoms with Crippen molar-refractivity contribution in [2.45, 2.75) is 39.3 Å². The Morgan fingerprint density at radius 2 is 1.85 bits per heavy atom. The number of carbonyl (C=O) groups is 2. The molecule has 13 heavy (non-hydrogen) atoms. The van der Waals surface area contributed by atoms with E-state index in [1.165, 1.54) is 6.92 Å². The van der Waals surface area contributed by atoms with Crippen molar-refractivity contribution in [2.75, 3.05) is 0 Å². The number of hydrogen-bond donors (Lipinski definition) is 2. The SMILES string of the molecule is CC(C)(C)OC(=O)N[12C@@H]([12CH3])[12C](=O)O. The predicted octanol–water partition coefficient (Wildman–Crippen LogP) is 0.984. The van der Waals surface area contributed by atoms with Crippen LogP contribution in [0.1, 0.15) is 27.7 Å². The lowest BCUT2D eigenvalue weighted by molar-refractivity contribution is -0.139. The summed E-state index contributed by atoms with van der Waals surface area (Å²) < 4.78 is 4.85. The summed E-state index contributed by atoms with van der Waals surface area (Å²) in [7, 11) is 0. The summed E-state index contributed by atoms with van der Waals surface area (Å²) in [4.78, 5) is 21.3. The molecule has 0 aromatic heterocycles. The van der Waals surface area contributed by atoms with Crippen molar-refractivity contribution in [3.05, 3.63) is 0 Å². The molecule has 0 saturated heterocycles. The van der Waals surface area contributed by atoms with Crippen molar-refractivity contribution in [1.29, 1.82) is 0 Å². The zero-order valence-electron chi connectivity index (χ0n) is 8.25. The topological polar surface area (TPSA) is 75.6 Å². The molecule has 0 heterocycles. The van der Waals surface area contributed by atoms with Crippen molar-refractivity contribution in [3.63, 3.8) is 0 Å². The van der Waals surface area contributed by atoms with Crippen LogP contribution in [0.2, 0.25) is 0 Å². The van der Waals surface area contributed by atoms with Crippen LogP contribution < -0.4 is 5.32 Å². The van der Waals surface area contributed by atoms with E-state index in [-0.39, 0.29) is 0 Å². The Balaban J connectivity index is 3.96. The van der Waals surface area contributed by atoms with Gasteiger partial charge < -0.3 is 15.2 Å². The molecule has 0 fully saturated rings. The first-order chi connectivity index (χ1) is 5.72. The highest BCUT2D eigenvalue weighted by Crippen LogP contribution is 2.06. The first-order valence-corrected chi connectivity index (χ1v) is 3.94. The molecule has 0 aliphatic heterocycles. The lowest BCUT2D eigenvalue weighted by Crippen LogP contribution is -2.41. The highest BCUT2D eigenvalue weighted by atomic mass is 16.6. The van der Waals surface area contributed by atoms with Crippen LogP contribution in [-0.4, -0.2) is 28.8 Å². The lowest BCUT2D eigenvalue weighted by atomic mass is 10.2. The van der Waals surface area contributed by atoms with Gasteiger partial charge in [-0.25, -0.2) is 4.79 Å². The van der Waals surface area contributed by atoms with Gasteiger partial charge in [-0.1, -0.05) is 0 Å². The van der Waals surface area contributed by atoms with Crippen molar-refractivity contribution >= 4 is 12.1 Å². The molecule has 0 unspecified atom stereocenters. The number of ether oxygens (including phenoxy) is 1. The summed E-state index contributed by atoms with van der Waals surface area (Å²) >= 11 is 0. The number of carbonyl (C=O) groups excluding carboxylic acids is 1. The Labute approximate surface area is 77.1 Å². The normalized spacial score (nSPS) is 13.2. The van der Waals surface area contributed by atoms with Gasteiger partial charge in [-0.2, -0.15) is 0 Å². The van der Waals surface area contributed by atoms with E-state index < -0.39 is 23.7 Å². The van der Waals surface area contributed by atoms with E-state index in [0.29, 0.717) is 0 Å². The van der Waals surface area contributed by atoms with Gasteiger partial charge in [0.2, 0.25) is 0 Å². The van der Waals surface area contributed by atoms with Crippen LogP contribution >= 0.6 is 0 Å². The second-order valence-corrected chi connectivity index (χ2v) is 3.71. The molecule has 0 saturated carbocycles. The molecule has 1 atom stereocenters. The summed E-state index contributed by atoms with van der Waals surface area (Å²) in [5.41, 5.74) is -0.609. The van der Waals surface area contributed by atoms with Crippen LogP contribution in [-0.2, 0) is 9.53 Å². The van der Waals surface area contributed by atoms with E-state index in [2.05, 4.69) is 5.32 Å². The Hall–Kier alpha value is -1.26. The van der Waals surface area contributed by atoms with Gasteiger partial charge in [0.05, 0.1) is 0 Å². The largest absolute Gasteiger partial charge is 0.480 e. The maximum atomic E-state index is 11.0. The average molecular weight is 189 g/mol. The standard InChI is InChI=1S/C8H15NO4/c1-5(6(10)11)9-7(12)13-8(2,3)4/h5H,1-4H3,(H,9,12)(H,10,11)/t5-/m0/s1/i1+0,5+0,6+0. The van der Waals surface area contributed by atoms with E-state index >= 15 is 0 Å². The molecule has 0 spiro atoms. The summed E-state index contributed by atoms with van der Waals surface area (Å²) in [6, 6.07) is -0.935. The van der Waals surface area contributed by atoms with Crippen LogP contribution in [0.4, 0.5) is 4.79 Å². The highest BCUT2D eigenvalue weighted by Gasteiger charge is 2.20. The Kier molecular flexibility index (Phi) is 3.71. The van der Waals surface area contributed by atoms with E-state index in [1.807, 2.05) is 0 Å². The molecule has 0 aromatic carbocycles. The fourth-order valence-corrected chi connectivity index (χ4v) is 0.546. The van der Waals surface area contributed by atoms with Gasteiger partial charge in [0.25, 0.3) is 0 Å². The Bertz CT molecular complexity index is 207. The highest BCUT2D eigenvalue weighted by molar-refractivity contribution is 5.79. The van der Waals surface area contributed by atoms with E-state index in [9.17, 15) is 9.59 Å². The quantitative estimate of drug-likeness (QED) is 0.679. The fourth-order valence-electron chi connectivity index (χ4n) is 0.546. The number of hydrogen-bond acceptors (Lipinski definition) is 3. The van der Waals surface area contributed by atoms with Crippen LogP contribution in [0, 0.1) is 0 Å². The van der Waals surface area contributed by atoms with Gasteiger partial charge in [0, 0.05) is 0 Å². The molecule has 0 radical (unpaired) electrons. The van der Waals surface area contributed by atoms with Gasteiger partial charge in [0.15, 0.2) is 0 Å². The number of rotatable bonds is 2. The van der Waals surface area contributed by atoms with Crippen molar-refractivity contribution in [2.24, 2.45) is 0 Å². The van der Waals surface area contributed by atoms with Gasteiger partial charge >= 0.3 is 12.1 Å². The molecule has 0 rings (SSSR count). The molecule has 0 aliphatic carbocycles. The first-order valence-electron chi connectivity index (χ1n) is 3.94. The van der Waals surface area contributed by atoms with Crippen molar-refractivity contribution in [3.8, 4) is 0 Å². The van der Waals surface area contributed by atoms with E-state index in [1.54, 1.807) is 20.8 Å². The number of carboxylic acids is 1. The third-order valence-electron chi connectivity index (χ3n) is 1.10. The molecule has 0 aromatic rings. The molecule has 76 valence electrons. The van der Waals surface area contributed by atoms with Crippen molar-refractivity contribution < 1.29 is 19.4 Å². The first kappa shape index (κ1) is 11.7. The smallest absolute Gasteiger partial charge is 0.408 e. The number of aliphatic carboxylic acids is 1. The molecule has 0 aliphatic rings. The van der Waals surface area contributed by atoms with E-state index in [0.717, 1.165) is 0 Å². The summed E-state index contributed by atoms with van der Waals surface area (Å²) in [6.45, 7) is 6.49. The van der Waals surface area contributed by atoms with Crippen LogP contribution in [0.5, 0.6) is 0 Å². The summed E-state index contributed by atoms with van der Waals surface area (Å²) in [6.07, 6.45) is -0.720. The van der Waals surface area contributed by atoms with Gasteiger partial charge in [0.1, 0.15) is 11.6 Å². The molecule has 0 bridgehead atoms. The monoisotopic (exact) mass is 189 g/mol. The number of alkyl carbamates (subject to hydrolysis) is 1. The fraction of sp³-hybridized carbons (Fsp3) is 0.750. The summed E-state index contributed by atoms with van der Waals surface area (Å²) in [5, 5.41) is 10.6. The zero-order chi connectivity index (χ0) is 10.6. The Morgan fingerprint density at radius 1 is 1.38 bits per heavy atom. The molecule has 5 nitrogen and oxygen atoms in total. The minimum absolute atomic E-state index is 0.609. The molecular formula is C8H15NO4. The van der Waals surface area contributed by atoms with Crippen molar-refractivity contribution in [1.82, 2.24) is 5.32 Å². The molecule has 2 N–H and O–H groups in total. The second kappa shape index (κ2) is 4.11. The number of carboxylic acid groups (broad SMARTS) is 1. The third kappa shape index (κ3) is 5.95. The maximum absolute atomic E-state index is 11.0. The number of nitrogens with one attached hydrogen (secondary N) is 1. The van der Waals surface area contributed by atoms with Gasteiger partial charge in [-0.05, 0) is 27.7 Å². The van der Waals surface area contributed by atoms with Crippen LogP contribution in [0.3, 0.4) is 0 Å². The minimum atomic E-state index is -1.09. The van der Waals surface area contributed by atoms with Gasteiger partial charge in [-0.15, -0.1) is 0 Å². The van der Waals surface area contributed by atoms with Gasteiger partial charge in [-0.3, -0.25) is 4.79 Å².